The molecule has 1 aromatic rings. The van der Waals surface area contributed by atoms with Crippen LogP contribution in [-0.2, 0) is 0 Å². The van der Waals surface area contributed by atoms with Crippen LogP contribution in [0.2, 0.25) is 0 Å². The van der Waals surface area contributed by atoms with Crippen molar-refractivity contribution in [2.75, 3.05) is 17.2 Å². The van der Waals surface area contributed by atoms with Gasteiger partial charge < -0.3 is 10.6 Å². The first kappa shape index (κ1) is 12.1. The smallest absolute Gasteiger partial charge is 0.224 e. The van der Waals surface area contributed by atoms with Gasteiger partial charge in [0.2, 0.25) is 5.95 Å². The summed E-state index contributed by atoms with van der Waals surface area (Å²) in [5.74, 6) is 2.59. The monoisotopic (exact) mass is 234 g/mol. The predicted octanol–water partition coefficient (Wildman–Crippen LogP) is 2.90. The molecule has 0 amide bonds. The van der Waals surface area contributed by atoms with Crippen LogP contribution in [0.25, 0.3) is 0 Å². The van der Waals surface area contributed by atoms with Crippen LogP contribution in [0.5, 0.6) is 0 Å². The van der Waals surface area contributed by atoms with Gasteiger partial charge >= 0.3 is 0 Å². The molecule has 17 heavy (non-hydrogen) atoms. The first-order valence-electron chi connectivity index (χ1n) is 6.65. The lowest BCUT2D eigenvalue weighted by molar-refractivity contribution is 0.585. The largest absolute Gasteiger partial charge is 0.367 e. The Labute approximate surface area is 103 Å². The molecule has 1 saturated carbocycles. The number of nitrogens with one attached hydrogen (secondary N) is 2. The molecule has 4 nitrogen and oxygen atoms in total. The summed E-state index contributed by atoms with van der Waals surface area (Å²) in [5, 5.41) is 6.64. The van der Waals surface area contributed by atoms with Gasteiger partial charge in [-0.15, -0.1) is 0 Å². The Morgan fingerprint density at radius 3 is 2.88 bits per heavy atom. The Balaban J connectivity index is 1.92. The van der Waals surface area contributed by atoms with E-state index in [1.807, 2.05) is 13.0 Å². The molecule has 1 fully saturated rings. The molecule has 0 spiro atoms. The summed E-state index contributed by atoms with van der Waals surface area (Å²) in [6.07, 6.45) is 7.04. The van der Waals surface area contributed by atoms with E-state index in [0.29, 0.717) is 12.0 Å². The molecule has 2 N–H and O–H groups in total. The molecular formula is C13H22N4. The van der Waals surface area contributed by atoms with E-state index in [2.05, 4.69) is 27.5 Å². The van der Waals surface area contributed by atoms with E-state index in [1.165, 1.54) is 19.3 Å². The molecule has 1 aliphatic rings. The Kier molecular flexibility index (Phi) is 4.18. The molecule has 1 aromatic heterocycles. The second kappa shape index (κ2) is 5.84. The third kappa shape index (κ3) is 3.88. The lowest BCUT2D eigenvalue weighted by Crippen LogP contribution is -2.20. The van der Waals surface area contributed by atoms with Crippen molar-refractivity contribution in [2.24, 2.45) is 5.92 Å². The second-order valence-electron chi connectivity index (χ2n) is 4.72. The maximum Gasteiger partial charge on any atom is 0.224 e. The molecule has 94 valence electrons. The standard InChI is InChI=1S/C13H22N4/c1-3-11(9-10-5-6-10)16-12-7-8-15-13(17-12)14-4-2/h7-8,10-11H,3-6,9H2,1-2H3,(H2,14,15,16,17). The Hall–Kier alpha value is -1.32. The molecule has 4 heteroatoms. The minimum atomic E-state index is 0.548. The van der Waals surface area contributed by atoms with Crippen LogP contribution in [-0.4, -0.2) is 22.6 Å². The van der Waals surface area contributed by atoms with E-state index >= 15 is 0 Å². The molecular weight excluding hydrogens is 212 g/mol. The highest BCUT2D eigenvalue weighted by atomic mass is 15.1. The van der Waals surface area contributed by atoms with Crippen LogP contribution in [0.3, 0.4) is 0 Å². The number of nitrogens with zero attached hydrogens (tertiary/aromatic N) is 2. The van der Waals surface area contributed by atoms with Crippen molar-refractivity contribution in [3.63, 3.8) is 0 Å². The summed E-state index contributed by atoms with van der Waals surface area (Å²) in [4.78, 5) is 8.62. The zero-order valence-corrected chi connectivity index (χ0v) is 10.7. The summed E-state index contributed by atoms with van der Waals surface area (Å²) < 4.78 is 0. The van der Waals surface area contributed by atoms with Gasteiger partial charge in [0.25, 0.3) is 0 Å². The van der Waals surface area contributed by atoms with Crippen LogP contribution < -0.4 is 10.6 Å². The van der Waals surface area contributed by atoms with Gasteiger partial charge in [0, 0.05) is 18.8 Å². The molecule has 1 aliphatic carbocycles. The van der Waals surface area contributed by atoms with Crippen molar-refractivity contribution >= 4 is 11.8 Å². The zero-order valence-electron chi connectivity index (χ0n) is 10.7. The van der Waals surface area contributed by atoms with E-state index in [0.717, 1.165) is 24.7 Å². The Morgan fingerprint density at radius 2 is 2.24 bits per heavy atom. The van der Waals surface area contributed by atoms with Gasteiger partial charge in [-0.3, -0.25) is 0 Å². The van der Waals surface area contributed by atoms with Crippen molar-refractivity contribution < 1.29 is 0 Å². The number of hydrogen-bond acceptors (Lipinski definition) is 4. The minimum Gasteiger partial charge on any atom is -0.367 e. The zero-order chi connectivity index (χ0) is 12.1. The maximum absolute atomic E-state index is 4.44. The maximum atomic E-state index is 4.44. The summed E-state index contributed by atoms with van der Waals surface area (Å²) in [6, 6.07) is 2.49. The average Bonchev–Trinajstić information content (AvgIpc) is 3.13. The first-order valence-corrected chi connectivity index (χ1v) is 6.65. The summed E-state index contributed by atoms with van der Waals surface area (Å²) in [5.41, 5.74) is 0. The number of aromatic nitrogens is 2. The first-order chi connectivity index (χ1) is 8.31. The summed E-state index contributed by atoms with van der Waals surface area (Å²) >= 11 is 0. The molecule has 0 bridgehead atoms. The van der Waals surface area contributed by atoms with Crippen LogP contribution >= 0.6 is 0 Å². The van der Waals surface area contributed by atoms with Crippen molar-refractivity contribution in [3.05, 3.63) is 12.3 Å². The highest BCUT2D eigenvalue weighted by molar-refractivity contribution is 5.40. The van der Waals surface area contributed by atoms with Crippen molar-refractivity contribution in [1.29, 1.82) is 0 Å². The molecule has 1 atom stereocenters. The molecule has 0 radical (unpaired) electrons. The number of anilines is 2. The van der Waals surface area contributed by atoms with Gasteiger partial charge in [-0.1, -0.05) is 19.8 Å². The quantitative estimate of drug-likeness (QED) is 0.761. The van der Waals surface area contributed by atoms with Gasteiger partial charge in [-0.2, -0.15) is 4.98 Å². The SMILES string of the molecule is CCNc1nccc(NC(CC)CC2CC2)n1. The number of rotatable bonds is 7. The van der Waals surface area contributed by atoms with Crippen LogP contribution in [0.15, 0.2) is 12.3 Å². The lowest BCUT2D eigenvalue weighted by atomic mass is 10.1. The van der Waals surface area contributed by atoms with Crippen LogP contribution in [0.4, 0.5) is 11.8 Å². The van der Waals surface area contributed by atoms with Crippen molar-refractivity contribution in [1.82, 2.24) is 9.97 Å². The van der Waals surface area contributed by atoms with E-state index in [1.54, 1.807) is 6.20 Å². The third-order valence-electron chi connectivity index (χ3n) is 3.15. The topological polar surface area (TPSA) is 49.8 Å². The Bertz CT molecular complexity index is 349. The highest BCUT2D eigenvalue weighted by Gasteiger charge is 2.24. The molecule has 0 aliphatic heterocycles. The van der Waals surface area contributed by atoms with Gasteiger partial charge in [0.15, 0.2) is 0 Å². The van der Waals surface area contributed by atoms with E-state index in [4.69, 9.17) is 0 Å². The van der Waals surface area contributed by atoms with Crippen molar-refractivity contribution in [2.45, 2.75) is 45.6 Å². The van der Waals surface area contributed by atoms with Crippen molar-refractivity contribution in [3.8, 4) is 0 Å². The predicted molar refractivity (Wildman–Crippen MR) is 71.2 cm³/mol. The molecule has 0 aromatic carbocycles. The third-order valence-corrected chi connectivity index (χ3v) is 3.15. The highest BCUT2D eigenvalue weighted by Crippen LogP contribution is 2.34. The van der Waals surface area contributed by atoms with Gasteiger partial charge in [0.05, 0.1) is 0 Å². The lowest BCUT2D eigenvalue weighted by Gasteiger charge is -2.17. The van der Waals surface area contributed by atoms with Crippen LogP contribution in [0.1, 0.15) is 39.5 Å². The normalized spacial score (nSPS) is 16.6. The van der Waals surface area contributed by atoms with E-state index in [-0.39, 0.29) is 0 Å². The van der Waals surface area contributed by atoms with Crippen LogP contribution in [0, 0.1) is 5.92 Å². The molecule has 2 rings (SSSR count). The number of hydrogen-bond donors (Lipinski definition) is 2. The van der Waals surface area contributed by atoms with E-state index in [9.17, 15) is 0 Å². The molecule has 1 unspecified atom stereocenters. The summed E-state index contributed by atoms with van der Waals surface area (Å²) in [7, 11) is 0. The fraction of sp³-hybridized carbons (Fsp3) is 0.692. The Morgan fingerprint density at radius 1 is 1.41 bits per heavy atom. The molecule has 0 saturated heterocycles. The minimum absolute atomic E-state index is 0.548. The van der Waals surface area contributed by atoms with Gasteiger partial charge in [-0.05, 0) is 31.7 Å². The second-order valence-corrected chi connectivity index (χ2v) is 4.72. The fourth-order valence-electron chi connectivity index (χ4n) is 1.98. The molecule has 1 heterocycles. The van der Waals surface area contributed by atoms with E-state index < -0.39 is 0 Å². The van der Waals surface area contributed by atoms with Gasteiger partial charge in [-0.25, -0.2) is 4.98 Å². The van der Waals surface area contributed by atoms with Gasteiger partial charge in [0.1, 0.15) is 5.82 Å². The average molecular weight is 234 g/mol. The summed E-state index contributed by atoms with van der Waals surface area (Å²) in [6.45, 7) is 5.13. The fourth-order valence-corrected chi connectivity index (χ4v) is 1.98.